The molecule has 0 aliphatic carbocycles. The van der Waals surface area contributed by atoms with E-state index in [4.69, 9.17) is 9.47 Å². The van der Waals surface area contributed by atoms with Gasteiger partial charge in [0.15, 0.2) is 11.6 Å². The molecule has 2 nitrogen and oxygen atoms in total. The molecule has 5 heteroatoms. The Bertz CT molecular complexity index is 1140. The van der Waals surface area contributed by atoms with Crippen molar-refractivity contribution in [2.45, 2.75) is 64.4 Å². The number of unbranched alkanes of at least 4 members (excludes halogenated alkanes) is 4. The first-order chi connectivity index (χ1) is 17.5. The first-order valence-electron chi connectivity index (χ1n) is 13.1. The van der Waals surface area contributed by atoms with Crippen molar-refractivity contribution in [3.8, 4) is 28.0 Å². The van der Waals surface area contributed by atoms with Crippen LogP contribution < -0.4 is 4.74 Å². The maximum Gasteiger partial charge on any atom is 0.201 e. The molecule has 3 aromatic rings. The van der Waals surface area contributed by atoms with Crippen LogP contribution in [0.5, 0.6) is 5.75 Å². The molecule has 0 amide bonds. The normalized spacial score (nSPS) is 17.8. The highest BCUT2D eigenvalue weighted by Crippen LogP contribution is 2.36. The Morgan fingerprint density at radius 2 is 1.53 bits per heavy atom. The molecule has 4 rings (SSSR count). The lowest BCUT2D eigenvalue weighted by Gasteiger charge is -2.29. The average molecular weight is 497 g/mol. The third-order valence-electron chi connectivity index (χ3n) is 7.23. The van der Waals surface area contributed by atoms with Crippen LogP contribution in [0, 0.1) is 23.4 Å². The van der Waals surface area contributed by atoms with Gasteiger partial charge in [-0.3, -0.25) is 0 Å². The van der Waals surface area contributed by atoms with Gasteiger partial charge in [-0.25, -0.2) is 8.78 Å². The largest absolute Gasteiger partial charge is 0.494 e. The molecule has 2 unspecified atom stereocenters. The van der Waals surface area contributed by atoms with Crippen LogP contribution in [-0.2, 0) is 4.74 Å². The predicted octanol–water partition coefficient (Wildman–Crippen LogP) is 9.27. The van der Waals surface area contributed by atoms with Crippen LogP contribution in [0.3, 0.4) is 0 Å². The quantitative estimate of drug-likeness (QED) is 0.260. The Kier molecular flexibility index (Phi) is 9.08. The Hall–Kier alpha value is -2.79. The summed E-state index contributed by atoms with van der Waals surface area (Å²) in [6.07, 6.45) is 9.32. The van der Waals surface area contributed by atoms with Crippen LogP contribution in [0.25, 0.3) is 22.3 Å². The van der Waals surface area contributed by atoms with Gasteiger partial charge in [-0.1, -0.05) is 75.4 Å². The van der Waals surface area contributed by atoms with Crippen LogP contribution in [0.15, 0.2) is 54.6 Å². The van der Waals surface area contributed by atoms with E-state index in [-0.39, 0.29) is 23.2 Å². The van der Waals surface area contributed by atoms with E-state index in [1.165, 1.54) is 63.8 Å². The van der Waals surface area contributed by atoms with Crippen LogP contribution in [0.4, 0.5) is 13.2 Å². The topological polar surface area (TPSA) is 18.5 Å². The van der Waals surface area contributed by atoms with Gasteiger partial charge < -0.3 is 9.47 Å². The zero-order chi connectivity index (χ0) is 25.5. The van der Waals surface area contributed by atoms with Gasteiger partial charge in [0, 0.05) is 11.1 Å². The molecule has 0 radical (unpaired) electrons. The first kappa shape index (κ1) is 26.3. The van der Waals surface area contributed by atoms with Crippen molar-refractivity contribution < 1.29 is 22.6 Å². The van der Waals surface area contributed by atoms with Crippen molar-refractivity contribution in [2.24, 2.45) is 5.92 Å². The number of rotatable bonds is 10. The van der Waals surface area contributed by atoms with Crippen molar-refractivity contribution in [1.82, 2.24) is 0 Å². The summed E-state index contributed by atoms with van der Waals surface area (Å²) in [5.41, 5.74) is 2.81. The van der Waals surface area contributed by atoms with Crippen LogP contribution in [0.1, 0.15) is 70.0 Å². The van der Waals surface area contributed by atoms with E-state index in [2.05, 4.69) is 6.92 Å². The summed E-state index contributed by atoms with van der Waals surface area (Å²) in [7, 11) is 1.30. The molecule has 0 saturated carbocycles. The Balaban J connectivity index is 1.38. The molecule has 0 N–H and O–H groups in total. The third-order valence-corrected chi connectivity index (χ3v) is 7.23. The molecule has 1 fully saturated rings. The molecule has 1 saturated heterocycles. The third kappa shape index (κ3) is 6.12. The van der Waals surface area contributed by atoms with E-state index >= 15 is 4.39 Å². The van der Waals surface area contributed by atoms with Crippen LogP contribution >= 0.6 is 0 Å². The smallest absolute Gasteiger partial charge is 0.201 e. The summed E-state index contributed by atoms with van der Waals surface area (Å²) in [5.74, 6) is -1.80. The monoisotopic (exact) mass is 496 g/mol. The molecule has 0 spiro atoms. The van der Waals surface area contributed by atoms with Gasteiger partial charge in [0.2, 0.25) is 5.82 Å². The Labute approximate surface area is 212 Å². The molecular weight excluding hydrogens is 461 g/mol. The van der Waals surface area contributed by atoms with Gasteiger partial charge in [-0.05, 0) is 60.1 Å². The Morgan fingerprint density at radius 3 is 2.19 bits per heavy atom. The van der Waals surface area contributed by atoms with Gasteiger partial charge in [0.05, 0.1) is 19.8 Å². The summed E-state index contributed by atoms with van der Waals surface area (Å²) in [4.78, 5) is 0. The van der Waals surface area contributed by atoms with Gasteiger partial charge in [0.25, 0.3) is 0 Å². The molecule has 1 heterocycles. The zero-order valence-corrected chi connectivity index (χ0v) is 21.2. The molecule has 3 aromatic carbocycles. The molecule has 0 aromatic heterocycles. The minimum absolute atomic E-state index is 0.136. The molecule has 1 aliphatic heterocycles. The molecule has 192 valence electrons. The van der Waals surface area contributed by atoms with E-state index in [1.807, 2.05) is 12.1 Å². The maximum absolute atomic E-state index is 15.1. The standard InChI is InChI=1S/C31H35F3O2/c1-3-4-5-6-7-8-21-9-17-28(36-20-21)26-15-14-24(19-27(26)32)22-10-12-23(13-11-22)25-16-18-29(35-2)31(34)30(25)33/h10-16,18-19,21,28H,3-9,17,20H2,1-2H3. The summed E-state index contributed by atoms with van der Waals surface area (Å²) >= 11 is 0. The van der Waals surface area contributed by atoms with E-state index in [0.29, 0.717) is 23.7 Å². The number of ether oxygens (including phenoxy) is 2. The Morgan fingerprint density at radius 1 is 0.806 bits per heavy atom. The number of halogens is 3. The fourth-order valence-corrected chi connectivity index (χ4v) is 5.04. The van der Waals surface area contributed by atoms with E-state index in [0.717, 1.165) is 24.0 Å². The molecule has 2 atom stereocenters. The van der Waals surface area contributed by atoms with E-state index < -0.39 is 11.6 Å². The number of hydrogen-bond acceptors (Lipinski definition) is 2. The summed E-state index contributed by atoms with van der Waals surface area (Å²) < 4.78 is 54.5. The van der Waals surface area contributed by atoms with Crippen molar-refractivity contribution in [1.29, 1.82) is 0 Å². The number of benzene rings is 3. The highest BCUT2D eigenvalue weighted by Gasteiger charge is 2.25. The highest BCUT2D eigenvalue weighted by atomic mass is 19.2. The fourth-order valence-electron chi connectivity index (χ4n) is 5.04. The summed E-state index contributed by atoms with van der Waals surface area (Å²) in [5, 5.41) is 0. The lowest BCUT2D eigenvalue weighted by atomic mass is 9.90. The van der Waals surface area contributed by atoms with Gasteiger partial charge in [0.1, 0.15) is 5.82 Å². The van der Waals surface area contributed by atoms with Gasteiger partial charge >= 0.3 is 0 Å². The van der Waals surface area contributed by atoms with Crippen molar-refractivity contribution in [2.75, 3.05) is 13.7 Å². The van der Waals surface area contributed by atoms with Crippen molar-refractivity contribution in [3.05, 3.63) is 77.6 Å². The van der Waals surface area contributed by atoms with E-state index in [1.54, 1.807) is 24.3 Å². The van der Waals surface area contributed by atoms with Gasteiger partial charge in [-0.15, -0.1) is 0 Å². The highest BCUT2D eigenvalue weighted by molar-refractivity contribution is 5.71. The predicted molar refractivity (Wildman–Crippen MR) is 139 cm³/mol. The minimum atomic E-state index is -1.01. The maximum atomic E-state index is 15.1. The van der Waals surface area contributed by atoms with Crippen LogP contribution in [0.2, 0.25) is 0 Å². The molecule has 0 bridgehead atoms. The molecular formula is C31H35F3O2. The second kappa shape index (κ2) is 12.4. The minimum Gasteiger partial charge on any atom is -0.494 e. The lowest BCUT2D eigenvalue weighted by Crippen LogP contribution is -2.21. The van der Waals surface area contributed by atoms with Gasteiger partial charge in [-0.2, -0.15) is 4.39 Å². The van der Waals surface area contributed by atoms with Crippen molar-refractivity contribution in [3.63, 3.8) is 0 Å². The summed E-state index contributed by atoms with van der Waals surface area (Å²) in [6.45, 7) is 2.93. The second-order valence-corrected chi connectivity index (χ2v) is 9.73. The number of hydrogen-bond donors (Lipinski definition) is 0. The average Bonchev–Trinajstić information content (AvgIpc) is 2.91. The van der Waals surface area contributed by atoms with E-state index in [9.17, 15) is 8.78 Å². The zero-order valence-electron chi connectivity index (χ0n) is 21.2. The summed E-state index contributed by atoms with van der Waals surface area (Å²) in [6, 6.07) is 15.1. The fraction of sp³-hybridized carbons (Fsp3) is 0.419. The molecule has 1 aliphatic rings. The number of methoxy groups -OCH3 is 1. The van der Waals surface area contributed by atoms with Crippen molar-refractivity contribution >= 4 is 0 Å². The lowest BCUT2D eigenvalue weighted by molar-refractivity contribution is -0.0215. The SMILES string of the molecule is CCCCCCCC1CCC(c2ccc(-c3ccc(-c4ccc(OC)c(F)c4F)cc3)cc2F)OC1. The molecule has 36 heavy (non-hydrogen) atoms. The second-order valence-electron chi connectivity index (χ2n) is 9.73. The van der Waals surface area contributed by atoms with Crippen LogP contribution in [-0.4, -0.2) is 13.7 Å². The first-order valence-corrected chi connectivity index (χ1v) is 13.1.